The quantitative estimate of drug-likeness (QED) is 0.830. The van der Waals surface area contributed by atoms with Gasteiger partial charge in [-0.1, -0.05) is 6.42 Å². The summed E-state index contributed by atoms with van der Waals surface area (Å²) in [5, 5.41) is 14.3. The van der Waals surface area contributed by atoms with Crippen molar-refractivity contribution in [3.05, 3.63) is 12.2 Å². The van der Waals surface area contributed by atoms with Gasteiger partial charge in [0.15, 0.2) is 5.82 Å². The van der Waals surface area contributed by atoms with Crippen LogP contribution in [-0.4, -0.2) is 33.3 Å². The van der Waals surface area contributed by atoms with Crippen LogP contribution in [0.1, 0.15) is 50.9 Å². The largest absolute Gasteiger partial charge is 0.346 e. The summed E-state index contributed by atoms with van der Waals surface area (Å²) in [4.78, 5) is 11.9. The predicted octanol–water partition coefficient (Wildman–Crippen LogP) is 0.915. The van der Waals surface area contributed by atoms with Crippen molar-refractivity contribution in [1.82, 2.24) is 25.4 Å². The summed E-state index contributed by atoms with van der Waals surface area (Å²) in [6.07, 6.45) is 6.84. The molecule has 1 aromatic rings. The van der Waals surface area contributed by atoms with E-state index in [-0.39, 0.29) is 11.9 Å². The molecule has 0 saturated carbocycles. The number of piperidine rings is 1. The minimum atomic E-state index is -0.0979. The van der Waals surface area contributed by atoms with Gasteiger partial charge in [0, 0.05) is 19.5 Å². The van der Waals surface area contributed by atoms with Gasteiger partial charge in [-0.05, 0) is 32.7 Å². The summed E-state index contributed by atoms with van der Waals surface area (Å²) >= 11 is 0. The molecule has 2 rings (SSSR count). The molecule has 1 amide bonds. The Morgan fingerprint density at radius 2 is 2.47 bits per heavy atom. The Bertz CT molecular complexity index is 411. The van der Waals surface area contributed by atoms with E-state index in [4.69, 9.17) is 0 Å². The number of amides is 1. The van der Waals surface area contributed by atoms with Crippen molar-refractivity contribution in [1.29, 1.82) is 0 Å². The third kappa shape index (κ3) is 4.02. The number of nitrogens with zero attached hydrogens (tertiary/aromatic N) is 3. The van der Waals surface area contributed by atoms with Gasteiger partial charge in [-0.3, -0.25) is 4.79 Å². The van der Waals surface area contributed by atoms with Crippen molar-refractivity contribution in [3.63, 3.8) is 0 Å². The van der Waals surface area contributed by atoms with E-state index in [2.05, 4.69) is 20.8 Å². The monoisotopic (exact) mass is 265 g/mol. The first-order valence-corrected chi connectivity index (χ1v) is 7.03. The lowest BCUT2D eigenvalue weighted by Crippen LogP contribution is -2.36. The van der Waals surface area contributed by atoms with Crippen LogP contribution >= 0.6 is 0 Å². The molecule has 0 spiro atoms. The fourth-order valence-corrected chi connectivity index (χ4v) is 2.54. The SMILES string of the molecule is CC(NC(=O)CCC1CCCCN1)c1nncn1C. The first kappa shape index (κ1) is 14.0. The van der Waals surface area contributed by atoms with Crippen molar-refractivity contribution < 1.29 is 4.79 Å². The van der Waals surface area contributed by atoms with E-state index in [1.54, 1.807) is 6.33 Å². The van der Waals surface area contributed by atoms with E-state index in [0.717, 1.165) is 18.8 Å². The highest BCUT2D eigenvalue weighted by atomic mass is 16.1. The van der Waals surface area contributed by atoms with Crippen LogP contribution in [0, 0.1) is 0 Å². The molecule has 6 nitrogen and oxygen atoms in total. The first-order chi connectivity index (χ1) is 9.16. The predicted molar refractivity (Wildman–Crippen MR) is 72.4 cm³/mol. The van der Waals surface area contributed by atoms with Gasteiger partial charge in [-0.25, -0.2) is 0 Å². The summed E-state index contributed by atoms with van der Waals surface area (Å²) in [5.74, 6) is 0.868. The van der Waals surface area contributed by atoms with E-state index in [9.17, 15) is 4.79 Å². The van der Waals surface area contributed by atoms with Gasteiger partial charge in [-0.2, -0.15) is 0 Å². The number of hydrogen-bond acceptors (Lipinski definition) is 4. The van der Waals surface area contributed by atoms with Crippen molar-refractivity contribution in [2.45, 2.75) is 51.1 Å². The Morgan fingerprint density at radius 1 is 1.63 bits per heavy atom. The molecule has 1 saturated heterocycles. The second-order valence-corrected chi connectivity index (χ2v) is 5.27. The number of carbonyl (C=O) groups is 1. The van der Waals surface area contributed by atoms with Crippen LogP contribution in [0.2, 0.25) is 0 Å². The number of nitrogens with one attached hydrogen (secondary N) is 2. The minimum Gasteiger partial charge on any atom is -0.346 e. The third-order valence-electron chi connectivity index (χ3n) is 3.64. The molecule has 1 aliphatic heterocycles. The van der Waals surface area contributed by atoms with Crippen molar-refractivity contribution >= 4 is 5.91 Å². The molecule has 0 bridgehead atoms. The van der Waals surface area contributed by atoms with Gasteiger partial charge < -0.3 is 15.2 Å². The van der Waals surface area contributed by atoms with E-state index in [0.29, 0.717) is 12.5 Å². The first-order valence-electron chi connectivity index (χ1n) is 7.03. The normalized spacial score (nSPS) is 21.1. The zero-order valence-corrected chi connectivity index (χ0v) is 11.7. The minimum absolute atomic E-state index is 0.0860. The summed E-state index contributed by atoms with van der Waals surface area (Å²) in [6, 6.07) is 0.406. The molecule has 0 aliphatic carbocycles. The molecule has 106 valence electrons. The fraction of sp³-hybridized carbons (Fsp3) is 0.769. The average molecular weight is 265 g/mol. The zero-order valence-electron chi connectivity index (χ0n) is 11.7. The number of aromatic nitrogens is 3. The lowest BCUT2D eigenvalue weighted by Gasteiger charge is -2.23. The molecule has 6 heteroatoms. The maximum Gasteiger partial charge on any atom is 0.220 e. The molecule has 2 N–H and O–H groups in total. The highest BCUT2D eigenvalue weighted by molar-refractivity contribution is 5.76. The van der Waals surface area contributed by atoms with E-state index < -0.39 is 0 Å². The standard InChI is InChI=1S/C13H23N5O/c1-10(13-17-15-9-18(13)2)16-12(19)7-6-11-5-3-4-8-14-11/h9-11,14H,3-8H2,1-2H3,(H,16,19). The number of aryl methyl sites for hydroxylation is 1. The Kier molecular flexibility index (Phi) is 4.90. The Labute approximate surface area is 114 Å². The summed E-state index contributed by atoms with van der Waals surface area (Å²) < 4.78 is 1.83. The maximum absolute atomic E-state index is 11.9. The van der Waals surface area contributed by atoms with Crippen molar-refractivity contribution in [2.75, 3.05) is 6.54 Å². The third-order valence-corrected chi connectivity index (χ3v) is 3.64. The van der Waals surface area contributed by atoms with Crippen LogP contribution in [0.3, 0.4) is 0 Å². The molecule has 0 radical (unpaired) electrons. The highest BCUT2D eigenvalue weighted by Crippen LogP contribution is 2.13. The molecule has 1 aromatic heterocycles. The molecule has 2 heterocycles. The van der Waals surface area contributed by atoms with Gasteiger partial charge in [-0.15, -0.1) is 10.2 Å². The highest BCUT2D eigenvalue weighted by Gasteiger charge is 2.17. The van der Waals surface area contributed by atoms with Crippen LogP contribution in [0.4, 0.5) is 0 Å². The van der Waals surface area contributed by atoms with Crippen molar-refractivity contribution in [2.24, 2.45) is 7.05 Å². The Balaban J connectivity index is 1.73. The lowest BCUT2D eigenvalue weighted by molar-refractivity contribution is -0.122. The van der Waals surface area contributed by atoms with Gasteiger partial charge in [0.25, 0.3) is 0 Å². The molecule has 2 atom stereocenters. The number of hydrogen-bond donors (Lipinski definition) is 2. The molecular weight excluding hydrogens is 242 g/mol. The molecule has 19 heavy (non-hydrogen) atoms. The fourth-order valence-electron chi connectivity index (χ4n) is 2.54. The van der Waals surface area contributed by atoms with Gasteiger partial charge in [0.05, 0.1) is 6.04 Å². The number of carbonyl (C=O) groups excluding carboxylic acids is 1. The maximum atomic E-state index is 11.9. The smallest absolute Gasteiger partial charge is 0.220 e. The topological polar surface area (TPSA) is 71.8 Å². The molecule has 0 aromatic carbocycles. The molecule has 1 fully saturated rings. The van der Waals surface area contributed by atoms with Gasteiger partial charge in [0.1, 0.15) is 6.33 Å². The number of rotatable bonds is 5. The van der Waals surface area contributed by atoms with Crippen LogP contribution in [0.5, 0.6) is 0 Å². The molecular formula is C13H23N5O. The van der Waals surface area contributed by atoms with Gasteiger partial charge in [0.2, 0.25) is 5.91 Å². The van der Waals surface area contributed by atoms with Gasteiger partial charge >= 0.3 is 0 Å². The van der Waals surface area contributed by atoms with Crippen molar-refractivity contribution in [3.8, 4) is 0 Å². The summed E-state index contributed by atoms with van der Waals surface area (Å²) in [5.41, 5.74) is 0. The Hall–Kier alpha value is -1.43. The summed E-state index contributed by atoms with van der Waals surface area (Å²) in [6.45, 7) is 3.02. The van der Waals surface area contributed by atoms with Crippen LogP contribution in [0.15, 0.2) is 6.33 Å². The van der Waals surface area contributed by atoms with E-state index >= 15 is 0 Å². The zero-order chi connectivity index (χ0) is 13.7. The van der Waals surface area contributed by atoms with Crippen LogP contribution < -0.4 is 10.6 Å². The molecule has 2 unspecified atom stereocenters. The van der Waals surface area contributed by atoms with Crippen LogP contribution in [-0.2, 0) is 11.8 Å². The van der Waals surface area contributed by atoms with E-state index in [1.165, 1.54) is 19.3 Å². The second-order valence-electron chi connectivity index (χ2n) is 5.27. The second kappa shape index (κ2) is 6.65. The lowest BCUT2D eigenvalue weighted by atomic mass is 10.0. The molecule has 1 aliphatic rings. The van der Waals surface area contributed by atoms with E-state index in [1.807, 2.05) is 18.5 Å². The Morgan fingerprint density at radius 3 is 3.11 bits per heavy atom. The average Bonchev–Trinajstić information content (AvgIpc) is 2.84. The summed E-state index contributed by atoms with van der Waals surface area (Å²) in [7, 11) is 1.88. The van der Waals surface area contributed by atoms with Crippen LogP contribution in [0.25, 0.3) is 0 Å².